The van der Waals surface area contributed by atoms with Crippen molar-refractivity contribution < 1.29 is 14.3 Å². The molecular formula is C29H29N3O3. The van der Waals surface area contributed by atoms with Crippen molar-refractivity contribution in [3.8, 4) is 0 Å². The van der Waals surface area contributed by atoms with E-state index in [0.29, 0.717) is 18.9 Å². The number of rotatable bonds is 7. The van der Waals surface area contributed by atoms with Gasteiger partial charge in [0.1, 0.15) is 0 Å². The number of aromatic nitrogens is 2. The van der Waals surface area contributed by atoms with Gasteiger partial charge in [-0.15, -0.1) is 0 Å². The predicted octanol–water partition coefficient (Wildman–Crippen LogP) is 4.96. The van der Waals surface area contributed by atoms with Gasteiger partial charge < -0.3 is 9.30 Å². The first-order valence-electron chi connectivity index (χ1n) is 12.2. The van der Waals surface area contributed by atoms with E-state index in [0.717, 1.165) is 28.6 Å². The maximum Gasteiger partial charge on any atom is 0.321 e. The standard InChI is InChI=1S/C29H29N3O3/c1-3-20-14-16-22(17-15-20)26-25(28(34)35-4-2)27(33)31(19-18-21-10-6-5-7-11-21)29-30-23-12-8-9-13-24(23)32(26)29/h5-17,25-26H,3-4,18-19H2,1-2H3/t25-,26+/m1/s1. The Morgan fingerprint density at radius 1 is 0.914 bits per heavy atom. The molecule has 178 valence electrons. The summed E-state index contributed by atoms with van der Waals surface area (Å²) in [4.78, 5) is 33.8. The quantitative estimate of drug-likeness (QED) is 0.285. The summed E-state index contributed by atoms with van der Waals surface area (Å²) in [5.74, 6) is -1.21. The molecule has 0 aliphatic carbocycles. The van der Waals surface area contributed by atoms with Crippen LogP contribution in [-0.4, -0.2) is 34.6 Å². The molecule has 2 heterocycles. The topological polar surface area (TPSA) is 64.4 Å². The van der Waals surface area contributed by atoms with Crippen LogP contribution in [0.1, 0.15) is 36.6 Å². The summed E-state index contributed by atoms with van der Waals surface area (Å²) in [5.41, 5.74) is 4.88. The Balaban J connectivity index is 1.67. The Hall–Kier alpha value is -3.93. The van der Waals surface area contributed by atoms with Crippen molar-refractivity contribution in [2.45, 2.75) is 32.7 Å². The number of para-hydroxylation sites is 2. The van der Waals surface area contributed by atoms with Gasteiger partial charge in [0.15, 0.2) is 5.92 Å². The predicted molar refractivity (Wildman–Crippen MR) is 136 cm³/mol. The van der Waals surface area contributed by atoms with Gasteiger partial charge in [0.25, 0.3) is 0 Å². The number of anilines is 1. The molecule has 0 saturated carbocycles. The maximum absolute atomic E-state index is 14.0. The molecule has 0 radical (unpaired) electrons. The monoisotopic (exact) mass is 467 g/mol. The summed E-state index contributed by atoms with van der Waals surface area (Å²) >= 11 is 0. The van der Waals surface area contributed by atoms with E-state index in [9.17, 15) is 9.59 Å². The molecule has 1 aliphatic rings. The minimum Gasteiger partial charge on any atom is -0.465 e. The summed E-state index contributed by atoms with van der Waals surface area (Å²) in [6.45, 7) is 4.50. The largest absolute Gasteiger partial charge is 0.465 e. The van der Waals surface area contributed by atoms with Crippen molar-refractivity contribution >= 4 is 28.9 Å². The lowest BCUT2D eigenvalue weighted by Crippen LogP contribution is -2.50. The highest BCUT2D eigenvalue weighted by atomic mass is 16.5. The summed E-state index contributed by atoms with van der Waals surface area (Å²) in [7, 11) is 0. The Labute approximate surface area is 205 Å². The molecule has 0 unspecified atom stereocenters. The van der Waals surface area contributed by atoms with Crippen molar-refractivity contribution in [1.29, 1.82) is 0 Å². The molecule has 4 aromatic rings. The lowest BCUT2D eigenvalue weighted by atomic mass is 9.88. The number of benzene rings is 3. The second-order valence-corrected chi connectivity index (χ2v) is 8.77. The van der Waals surface area contributed by atoms with E-state index < -0.39 is 17.9 Å². The molecule has 0 saturated heterocycles. The van der Waals surface area contributed by atoms with Gasteiger partial charge in [0, 0.05) is 6.54 Å². The first-order chi connectivity index (χ1) is 17.1. The van der Waals surface area contributed by atoms with Gasteiger partial charge in [-0.3, -0.25) is 14.5 Å². The van der Waals surface area contributed by atoms with Gasteiger partial charge in [-0.25, -0.2) is 4.98 Å². The van der Waals surface area contributed by atoms with Gasteiger partial charge in [0.2, 0.25) is 11.9 Å². The zero-order valence-corrected chi connectivity index (χ0v) is 20.1. The molecule has 2 atom stereocenters. The second kappa shape index (κ2) is 9.74. The fourth-order valence-corrected chi connectivity index (χ4v) is 4.90. The van der Waals surface area contributed by atoms with Crippen LogP contribution in [0.5, 0.6) is 0 Å². The van der Waals surface area contributed by atoms with E-state index in [4.69, 9.17) is 9.72 Å². The SMILES string of the molecule is CCOC(=O)[C@H]1C(=O)N(CCc2ccccc2)c2nc3ccccc3n2[C@H]1c1ccc(CC)cc1. The van der Waals surface area contributed by atoms with Crippen LogP contribution >= 0.6 is 0 Å². The number of ether oxygens (including phenoxy) is 1. The number of amides is 1. The molecular weight excluding hydrogens is 438 g/mol. The Morgan fingerprint density at radius 2 is 1.63 bits per heavy atom. The number of aryl methyl sites for hydroxylation is 1. The van der Waals surface area contributed by atoms with Gasteiger partial charge in [-0.2, -0.15) is 0 Å². The van der Waals surface area contributed by atoms with Crippen LogP contribution in [0.3, 0.4) is 0 Å². The van der Waals surface area contributed by atoms with E-state index in [2.05, 4.69) is 19.1 Å². The van der Waals surface area contributed by atoms with Gasteiger partial charge in [-0.1, -0.05) is 73.7 Å². The molecule has 1 aromatic heterocycles. The molecule has 5 rings (SSSR count). The minimum atomic E-state index is -0.997. The highest BCUT2D eigenvalue weighted by Crippen LogP contribution is 2.41. The molecule has 0 fully saturated rings. The van der Waals surface area contributed by atoms with Crippen LogP contribution in [0.15, 0.2) is 78.9 Å². The molecule has 6 heteroatoms. The molecule has 6 nitrogen and oxygen atoms in total. The lowest BCUT2D eigenvalue weighted by molar-refractivity contribution is -0.153. The van der Waals surface area contributed by atoms with Crippen molar-refractivity contribution in [1.82, 2.24) is 9.55 Å². The molecule has 0 N–H and O–H groups in total. The maximum atomic E-state index is 14.0. The number of nitrogens with zero attached hydrogens (tertiary/aromatic N) is 3. The van der Waals surface area contributed by atoms with Crippen LogP contribution in [0.25, 0.3) is 11.0 Å². The number of fused-ring (bicyclic) bond motifs is 3. The number of hydrogen-bond acceptors (Lipinski definition) is 4. The molecule has 0 spiro atoms. The number of hydrogen-bond donors (Lipinski definition) is 0. The van der Waals surface area contributed by atoms with Gasteiger partial charge in [0.05, 0.1) is 23.7 Å². The van der Waals surface area contributed by atoms with E-state index in [1.807, 2.05) is 71.3 Å². The zero-order valence-electron chi connectivity index (χ0n) is 20.1. The average Bonchev–Trinajstić information content (AvgIpc) is 3.27. The first kappa shape index (κ1) is 22.8. The summed E-state index contributed by atoms with van der Waals surface area (Å²) < 4.78 is 7.49. The highest BCUT2D eigenvalue weighted by molar-refractivity contribution is 6.08. The number of carbonyl (C=O) groups excluding carboxylic acids is 2. The fourth-order valence-electron chi connectivity index (χ4n) is 4.90. The third kappa shape index (κ3) is 4.20. The molecule has 35 heavy (non-hydrogen) atoms. The molecule has 3 aromatic carbocycles. The zero-order chi connectivity index (χ0) is 24.4. The Kier molecular flexibility index (Phi) is 6.36. The van der Waals surface area contributed by atoms with E-state index >= 15 is 0 Å². The third-order valence-corrected chi connectivity index (χ3v) is 6.68. The normalized spacial score (nSPS) is 17.4. The average molecular weight is 468 g/mol. The smallest absolute Gasteiger partial charge is 0.321 e. The van der Waals surface area contributed by atoms with E-state index in [-0.39, 0.29) is 12.5 Å². The van der Waals surface area contributed by atoms with Gasteiger partial charge in [-0.05, 0) is 48.6 Å². The van der Waals surface area contributed by atoms with Crippen LogP contribution in [0.4, 0.5) is 5.95 Å². The minimum absolute atomic E-state index is 0.214. The summed E-state index contributed by atoms with van der Waals surface area (Å²) in [5, 5.41) is 0. The van der Waals surface area contributed by atoms with Crippen LogP contribution in [-0.2, 0) is 27.2 Å². The highest BCUT2D eigenvalue weighted by Gasteiger charge is 2.47. The van der Waals surface area contributed by atoms with Crippen molar-refractivity contribution in [3.05, 3.63) is 95.6 Å². The number of esters is 1. The molecule has 1 amide bonds. The van der Waals surface area contributed by atoms with Crippen LogP contribution in [0, 0.1) is 5.92 Å². The number of carbonyl (C=O) groups is 2. The Bertz CT molecular complexity index is 1340. The fraction of sp³-hybridized carbons (Fsp3) is 0.276. The van der Waals surface area contributed by atoms with E-state index in [1.54, 1.807) is 11.8 Å². The third-order valence-electron chi connectivity index (χ3n) is 6.68. The Morgan fingerprint density at radius 3 is 2.34 bits per heavy atom. The van der Waals surface area contributed by atoms with E-state index in [1.165, 1.54) is 5.56 Å². The molecule has 0 bridgehead atoms. The second-order valence-electron chi connectivity index (χ2n) is 8.77. The van der Waals surface area contributed by atoms with Crippen LogP contribution < -0.4 is 4.90 Å². The first-order valence-corrected chi connectivity index (χ1v) is 12.2. The summed E-state index contributed by atoms with van der Waals surface area (Å²) in [6.07, 6.45) is 1.57. The van der Waals surface area contributed by atoms with Gasteiger partial charge >= 0.3 is 5.97 Å². The van der Waals surface area contributed by atoms with Crippen LogP contribution in [0.2, 0.25) is 0 Å². The van der Waals surface area contributed by atoms with Crippen molar-refractivity contribution in [3.63, 3.8) is 0 Å². The van der Waals surface area contributed by atoms with Crippen molar-refractivity contribution in [2.24, 2.45) is 5.92 Å². The molecule has 1 aliphatic heterocycles. The van der Waals surface area contributed by atoms with Crippen molar-refractivity contribution in [2.75, 3.05) is 18.1 Å². The summed E-state index contributed by atoms with van der Waals surface area (Å²) in [6, 6.07) is 25.5. The lowest BCUT2D eigenvalue weighted by Gasteiger charge is -2.38. The number of imidazole rings is 1.